The Morgan fingerprint density at radius 2 is 2.26 bits per heavy atom. The van der Waals surface area contributed by atoms with Gasteiger partial charge in [0.05, 0.1) is 19.3 Å². The fourth-order valence-corrected chi connectivity index (χ4v) is 2.24. The second kappa shape index (κ2) is 6.93. The van der Waals surface area contributed by atoms with E-state index in [9.17, 15) is 4.39 Å². The highest BCUT2D eigenvalue weighted by Crippen LogP contribution is 2.15. The Labute approximate surface area is 117 Å². The van der Waals surface area contributed by atoms with Crippen LogP contribution < -0.4 is 5.73 Å². The highest BCUT2D eigenvalue weighted by molar-refractivity contribution is 7.80. The molecule has 0 bridgehead atoms. The predicted molar refractivity (Wildman–Crippen MR) is 75.5 cm³/mol. The molecule has 2 rings (SSSR count). The van der Waals surface area contributed by atoms with Gasteiger partial charge in [0.2, 0.25) is 0 Å². The molecule has 0 aliphatic carbocycles. The van der Waals surface area contributed by atoms with Crippen LogP contribution in [0.4, 0.5) is 4.39 Å². The number of ether oxygens (including phenoxy) is 2. The molecule has 2 N–H and O–H groups in total. The van der Waals surface area contributed by atoms with Gasteiger partial charge >= 0.3 is 0 Å². The van der Waals surface area contributed by atoms with Gasteiger partial charge in [0, 0.05) is 12.2 Å². The highest BCUT2D eigenvalue weighted by atomic mass is 32.1. The molecule has 19 heavy (non-hydrogen) atoms. The van der Waals surface area contributed by atoms with Gasteiger partial charge in [0.1, 0.15) is 10.8 Å². The number of hydrogen-bond acceptors (Lipinski definition) is 3. The average molecular weight is 283 g/mol. The number of nitrogens with two attached hydrogens (primary N) is 1. The van der Waals surface area contributed by atoms with Crippen LogP contribution in [0.5, 0.6) is 0 Å². The molecule has 1 aromatic carbocycles. The summed E-state index contributed by atoms with van der Waals surface area (Å²) in [7, 11) is 0. The van der Waals surface area contributed by atoms with Crippen LogP contribution in [0.15, 0.2) is 18.2 Å². The minimum absolute atomic E-state index is 0.164. The molecule has 1 aliphatic rings. The van der Waals surface area contributed by atoms with E-state index in [1.807, 2.05) is 0 Å². The monoisotopic (exact) mass is 283 g/mol. The van der Waals surface area contributed by atoms with Gasteiger partial charge < -0.3 is 15.2 Å². The molecule has 0 saturated carbocycles. The van der Waals surface area contributed by atoms with Gasteiger partial charge in [-0.3, -0.25) is 0 Å². The first-order valence-corrected chi connectivity index (χ1v) is 6.84. The van der Waals surface area contributed by atoms with Gasteiger partial charge in [-0.05, 0) is 43.0 Å². The summed E-state index contributed by atoms with van der Waals surface area (Å²) in [5.74, 6) is -0.349. The third-order valence-electron chi connectivity index (χ3n) is 3.09. The zero-order valence-electron chi connectivity index (χ0n) is 10.7. The minimum atomic E-state index is -0.349. The van der Waals surface area contributed by atoms with Crippen LogP contribution in [-0.4, -0.2) is 24.3 Å². The van der Waals surface area contributed by atoms with Crippen LogP contribution in [0.25, 0.3) is 0 Å². The van der Waals surface area contributed by atoms with E-state index < -0.39 is 0 Å². The number of rotatable bonds is 5. The van der Waals surface area contributed by atoms with Crippen LogP contribution in [0, 0.1) is 5.82 Å². The van der Waals surface area contributed by atoms with Crippen molar-refractivity contribution in [3.05, 3.63) is 35.1 Å². The van der Waals surface area contributed by atoms with Crippen molar-refractivity contribution < 1.29 is 13.9 Å². The first kappa shape index (κ1) is 14.4. The average Bonchev–Trinajstić information content (AvgIpc) is 2.39. The van der Waals surface area contributed by atoms with Crippen LogP contribution in [-0.2, 0) is 16.1 Å². The van der Waals surface area contributed by atoms with Gasteiger partial charge in [-0.25, -0.2) is 4.39 Å². The van der Waals surface area contributed by atoms with Crippen molar-refractivity contribution in [2.24, 2.45) is 5.73 Å². The summed E-state index contributed by atoms with van der Waals surface area (Å²) in [6.07, 6.45) is 3.50. The zero-order chi connectivity index (χ0) is 13.7. The van der Waals surface area contributed by atoms with E-state index in [1.54, 1.807) is 6.07 Å². The maximum atomic E-state index is 13.4. The molecule has 1 saturated heterocycles. The molecular formula is C14H18FNO2S. The topological polar surface area (TPSA) is 44.5 Å². The summed E-state index contributed by atoms with van der Waals surface area (Å²) in [6, 6.07) is 4.52. The van der Waals surface area contributed by atoms with Gasteiger partial charge in [0.15, 0.2) is 0 Å². The molecule has 1 fully saturated rings. The lowest BCUT2D eigenvalue weighted by Crippen LogP contribution is -2.24. The second-order valence-electron chi connectivity index (χ2n) is 4.72. The summed E-state index contributed by atoms with van der Waals surface area (Å²) in [5, 5.41) is 0. The SMILES string of the molecule is NC(=S)c1cc(F)cc(COCC2CCCCO2)c1. The second-order valence-corrected chi connectivity index (χ2v) is 5.16. The van der Waals surface area contributed by atoms with Crippen molar-refractivity contribution >= 4 is 17.2 Å². The Hall–Kier alpha value is -1.04. The fourth-order valence-electron chi connectivity index (χ4n) is 2.12. The van der Waals surface area contributed by atoms with E-state index in [4.69, 9.17) is 27.4 Å². The number of halogens is 1. The molecule has 1 aliphatic heterocycles. The minimum Gasteiger partial charge on any atom is -0.389 e. The molecule has 0 amide bonds. The maximum Gasteiger partial charge on any atom is 0.124 e. The lowest BCUT2D eigenvalue weighted by molar-refractivity contribution is -0.0447. The van der Waals surface area contributed by atoms with Crippen LogP contribution >= 0.6 is 12.2 Å². The lowest BCUT2D eigenvalue weighted by Gasteiger charge is -2.22. The molecule has 0 spiro atoms. The van der Waals surface area contributed by atoms with E-state index in [0.717, 1.165) is 25.0 Å². The van der Waals surface area contributed by atoms with E-state index in [0.29, 0.717) is 18.8 Å². The Balaban J connectivity index is 1.86. The molecule has 0 aromatic heterocycles. The van der Waals surface area contributed by atoms with Crippen molar-refractivity contribution in [2.45, 2.75) is 32.0 Å². The molecule has 0 radical (unpaired) electrons. The fraction of sp³-hybridized carbons (Fsp3) is 0.500. The standard InChI is InChI=1S/C14H18FNO2S/c15-12-6-10(5-11(7-12)14(16)19)8-17-9-13-3-1-2-4-18-13/h5-7,13H,1-4,8-9H2,(H2,16,19). The summed E-state index contributed by atoms with van der Waals surface area (Å²) in [6.45, 7) is 1.69. The lowest BCUT2D eigenvalue weighted by atomic mass is 10.1. The Bertz CT molecular complexity index is 447. The zero-order valence-corrected chi connectivity index (χ0v) is 11.5. The molecule has 5 heteroatoms. The van der Waals surface area contributed by atoms with Gasteiger partial charge in [-0.15, -0.1) is 0 Å². The number of benzene rings is 1. The summed E-state index contributed by atoms with van der Waals surface area (Å²) < 4.78 is 24.5. The molecule has 1 heterocycles. The normalized spacial score (nSPS) is 19.3. The highest BCUT2D eigenvalue weighted by Gasteiger charge is 2.13. The summed E-state index contributed by atoms with van der Waals surface area (Å²) in [5.41, 5.74) is 6.77. The number of hydrogen-bond donors (Lipinski definition) is 1. The number of thiocarbonyl (C=S) groups is 1. The Morgan fingerprint density at radius 1 is 1.42 bits per heavy atom. The van der Waals surface area contributed by atoms with Crippen LogP contribution in [0.2, 0.25) is 0 Å². The summed E-state index contributed by atoms with van der Waals surface area (Å²) >= 11 is 4.85. The van der Waals surface area contributed by atoms with Crippen LogP contribution in [0.1, 0.15) is 30.4 Å². The van der Waals surface area contributed by atoms with Crippen molar-refractivity contribution in [1.82, 2.24) is 0 Å². The Kier molecular flexibility index (Phi) is 5.24. The molecule has 104 valence electrons. The van der Waals surface area contributed by atoms with Gasteiger partial charge in [-0.2, -0.15) is 0 Å². The molecule has 1 aromatic rings. The van der Waals surface area contributed by atoms with E-state index in [-0.39, 0.29) is 16.9 Å². The predicted octanol–water partition coefficient (Wildman–Crippen LogP) is 2.55. The first-order valence-electron chi connectivity index (χ1n) is 6.44. The van der Waals surface area contributed by atoms with E-state index in [1.165, 1.54) is 18.6 Å². The molecular weight excluding hydrogens is 265 g/mol. The van der Waals surface area contributed by atoms with Crippen molar-refractivity contribution in [1.29, 1.82) is 0 Å². The van der Waals surface area contributed by atoms with Crippen molar-refractivity contribution in [3.8, 4) is 0 Å². The van der Waals surface area contributed by atoms with Crippen molar-refractivity contribution in [3.63, 3.8) is 0 Å². The quantitative estimate of drug-likeness (QED) is 0.844. The first-order chi connectivity index (χ1) is 9.15. The van der Waals surface area contributed by atoms with Gasteiger partial charge in [-0.1, -0.05) is 12.2 Å². The third-order valence-corrected chi connectivity index (χ3v) is 3.32. The van der Waals surface area contributed by atoms with Gasteiger partial charge in [0.25, 0.3) is 0 Å². The largest absolute Gasteiger partial charge is 0.389 e. The van der Waals surface area contributed by atoms with Crippen molar-refractivity contribution in [2.75, 3.05) is 13.2 Å². The smallest absolute Gasteiger partial charge is 0.124 e. The summed E-state index contributed by atoms with van der Waals surface area (Å²) in [4.78, 5) is 0.191. The van der Waals surface area contributed by atoms with E-state index in [2.05, 4.69) is 0 Å². The van der Waals surface area contributed by atoms with Crippen LogP contribution in [0.3, 0.4) is 0 Å². The third kappa shape index (κ3) is 4.53. The molecule has 1 atom stereocenters. The Morgan fingerprint density at radius 3 is 2.95 bits per heavy atom. The molecule has 3 nitrogen and oxygen atoms in total. The molecule has 1 unspecified atom stereocenters. The maximum absolute atomic E-state index is 13.4. The van der Waals surface area contributed by atoms with E-state index >= 15 is 0 Å².